The molecule has 35 heavy (non-hydrogen) atoms. The molecule has 5 heteroatoms. The number of carbonyl (C=O) groups excluding carboxylic acids is 2. The molecule has 0 aliphatic heterocycles. The number of hydrogen-bond donors (Lipinski definition) is 1. The molecule has 0 saturated carbocycles. The van der Waals surface area contributed by atoms with E-state index in [0.29, 0.717) is 23.9 Å². The zero-order chi connectivity index (χ0) is 25.4. The molecular formula is C30H35ClN2O2. The summed E-state index contributed by atoms with van der Waals surface area (Å²) in [7, 11) is 0. The van der Waals surface area contributed by atoms with Crippen LogP contribution in [0.5, 0.6) is 0 Å². The first kappa shape index (κ1) is 26.5. The molecule has 0 aliphatic carbocycles. The molecule has 0 aromatic heterocycles. The van der Waals surface area contributed by atoms with Gasteiger partial charge in [-0.2, -0.15) is 0 Å². The molecule has 3 rings (SSSR count). The molecule has 0 unspecified atom stereocenters. The molecule has 0 aliphatic rings. The van der Waals surface area contributed by atoms with Crippen molar-refractivity contribution in [2.75, 3.05) is 6.54 Å². The molecule has 4 nitrogen and oxygen atoms in total. The summed E-state index contributed by atoms with van der Waals surface area (Å²) in [6, 6.07) is 22.7. The average molecular weight is 491 g/mol. The minimum atomic E-state index is -0.661. The third kappa shape index (κ3) is 7.69. The Morgan fingerprint density at radius 2 is 1.57 bits per heavy atom. The maximum atomic E-state index is 13.8. The number of hydrogen-bond acceptors (Lipinski definition) is 2. The molecule has 3 aromatic carbocycles. The smallest absolute Gasteiger partial charge is 0.243 e. The van der Waals surface area contributed by atoms with Crippen molar-refractivity contribution in [3.05, 3.63) is 106 Å². The lowest BCUT2D eigenvalue weighted by Crippen LogP contribution is -2.51. The normalized spacial score (nSPS) is 11.8. The summed E-state index contributed by atoms with van der Waals surface area (Å²) in [6.07, 6.45) is 0.641. The van der Waals surface area contributed by atoms with Crippen LogP contribution in [-0.2, 0) is 29.0 Å². The summed E-state index contributed by atoms with van der Waals surface area (Å²) in [5, 5.41) is 3.63. The quantitative estimate of drug-likeness (QED) is 0.384. The molecule has 0 heterocycles. The number of rotatable bonds is 10. The fourth-order valence-electron chi connectivity index (χ4n) is 3.98. The van der Waals surface area contributed by atoms with Crippen LogP contribution in [-0.4, -0.2) is 29.3 Å². The second kappa shape index (κ2) is 12.6. The van der Waals surface area contributed by atoms with Gasteiger partial charge in [0.15, 0.2) is 0 Å². The van der Waals surface area contributed by atoms with E-state index in [1.165, 1.54) is 5.56 Å². The number of amides is 2. The summed E-state index contributed by atoms with van der Waals surface area (Å²) in [6.45, 7) is 9.02. The van der Waals surface area contributed by atoms with Crippen molar-refractivity contribution in [2.45, 2.75) is 53.1 Å². The van der Waals surface area contributed by atoms with E-state index in [4.69, 9.17) is 11.6 Å². The molecular weight excluding hydrogens is 456 g/mol. The Morgan fingerprint density at radius 1 is 0.886 bits per heavy atom. The highest BCUT2D eigenvalue weighted by Crippen LogP contribution is 2.22. The van der Waals surface area contributed by atoms with E-state index in [1.54, 1.807) is 4.90 Å². The fraction of sp³-hybridized carbons (Fsp3) is 0.333. The predicted octanol–water partition coefficient (Wildman–Crippen LogP) is 5.91. The molecule has 184 valence electrons. The SMILES string of the molecule is Cc1ccc(CC(=O)N(Cc2ccccc2Cl)[C@H](Cc2ccccc2)C(=O)NCC(C)C)cc1C. The summed E-state index contributed by atoms with van der Waals surface area (Å²) in [5.41, 5.74) is 5.08. The summed E-state index contributed by atoms with van der Waals surface area (Å²) in [5.74, 6) is 0.0522. The molecule has 0 saturated heterocycles. The van der Waals surface area contributed by atoms with Crippen molar-refractivity contribution < 1.29 is 9.59 Å². The van der Waals surface area contributed by atoms with Gasteiger partial charge in [-0.05, 0) is 53.6 Å². The number of benzene rings is 3. The largest absolute Gasteiger partial charge is 0.354 e. The van der Waals surface area contributed by atoms with Crippen molar-refractivity contribution in [1.29, 1.82) is 0 Å². The van der Waals surface area contributed by atoms with Gasteiger partial charge in [-0.25, -0.2) is 0 Å². The molecule has 0 bridgehead atoms. The van der Waals surface area contributed by atoms with Crippen LogP contribution >= 0.6 is 11.6 Å². The zero-order valence-corrected chi connectivity index (χ0v) is 21.8. The standard InChI is InChI=1S/C30H35ClN2O2/c1-21(2)19-32-30(35)28(17-24-10-6-5-7-11-24)33(20-26-12-8-9-13-27(26)31)29(34)18-25-15-14-22(3)23(4)16-25/h5-16,21,28H,17-20H2,1-4H3,(H,32,35)/t28-/m1/s1. The van der Waals surface area contributed by atoms with Crippen LogP contribution in [0.2, 0.25) is 5.02 Å². The van der Waals surface area contributed by atoms with Gasteiger partial charge < -0.3 is 10.2 Å². The summed E-state index contributed by atoms with van der Waals surface area (Å²) < 4.78 is 0. The lowest BCUT2D eigenvalue weighted by Gasteiger charge is -2.32. The Bertz CT molecular complexity index is 1140. The van der Waals surface area contributed by atoms with E-state index in [-0.39, 0.29) is 24.8 Å². The first-order valence-corrected chi connectivity index (χ1v) is 12.5. The van der Waals surface area contributed by atoms with Crippen LogP contribution in [0.25, 0.3) is 0 Å². The van der Waals surface area contributed by atoms with Crippen molar-refractivity contribution in [2.24, 2.45) is 5.92 Å². The maximum Gasteiger partial charge on any atom is 0.243 e. The van der Waals surface area contributed by atoms with Gasteiger partial charge in [0.2, 0.25) is 11.8 Å². The van der Waals surface area contributed by atoms with Gasteiger partial charge in [0.1, 0.15) is 6.04 Å². The van der Waals surface area contributed by atoms with Crippen LogP contribution in [0.3, 0.4) is 0 Å². The molecule has 1 atom stereocenters. The van der Waals surface area contributed by atoms with Crippen molar-refractivity contribution in [3.63, 3.8) is 0 Å². The van der Waals surface area contributed by atoms with Crippen LogP contribution in [0.4, 0.5) is 0 Å². The molecule has 0 fully saturated rings. The van der Waals surface area contributed by atoms with E-state index >= 15 is 0 Å². The third-order valence-electron chi connectivity index (χ3n) is 6.18. The summed E-state index contributed by atoms with van der Waals surface area (Å²) in [4.78, 5) is 29.0. The van der Waals surface area contributed by atoms with Gasteiger partial charge in [0, 0.05) is 24.5 Å². The van der Waals surface area contributed by atoms with Gasteiger partial charge in [0.05, 0.1) is 6.42 Å². The lowest BCUT2D eigenvalue weighted by atomic mass is 10.00. The van der Waals surface area contributed by atoms with E-state index in [9.17, 15) is 9.59 Å². The highest BCUT2D eigenvalue weighted by Gasteiger charge is 2.30. The highest BCUT2D eigenvalue weighted by atomic mass is 35.5. The minimum Gasteiger partial charge on any atom is -0.354 e. The maximum absolute atomic E-state index is 13.8. The number of aryl methyl sites for hydroxylation is 2. The van der Waals surface area contributed by atoms with E-state index in [0.717, 1.165) is 22.3 Å². The van der Waals surface area contributed by atoms with Crippen LogP contribution < -0.4 is 5.32 Å². The Labute approximate surface area is 214 Å². The average Bonchev–Trinajstić information content (AvgIpc) is 2.83. The van der Waals surface area contributed by atoms with Crippen LogP contribution in [0, 0.1) is 19.8 Å². The van der Waals surface area contributed by atoms with Gasteiger partial charge in [-0.15, -0.1) is 0 Å². The van der Waals surface area contributed by atoms with Gasteiger partial charge in [-0.1, -0.05) is 92.2 Å². The predicted molar refractivity (Wildman–Crippen MR) is 143 cm³/mol. The fourth-order valence-corrected chi connectivity index (χ4v) is 4.17. The second-order valence-corrected chi connectivity index (χ2v) is 9.96. The number of carbonyl (C=O) groups is 2. The molecule has 0 radical (unpaired) electrons. The zero-order valence-electron chi connectivity index (χ0n) is 21.1. The van der Waals surface area contributed by atoms with Gasteiger partial charge >= 0.3 is 0 Å². The van der Waals surface area contributed by atoms with Crippen molar-refractivity contribution in [1.82, 2.24) is 10.2 Å². The Hall–Kier alpha value is -3.11. The number of halogens is 1. The second-order valence-electron chi connectivity index (χ2n) is 9.55. The Kier molecular flexibility index (Phi) is 9.50. The summed E-state index contributed by atoms with van der Waals surface area (Å²) >= 11 is 6.48. The molecule has 0 spiro atoms. The lowest BCUT2D eigenvalue weighted by molar-refractivity contribution is -0.140. The van der Waals surface area contributed by atoms with E-state index in [1.807, 2.05) is 79.7 Å². The van der Waals surface area contributed by atoms with E-state index < -0.39 is 6.04 Å². The number of nitrogens with zero attached hydrogens (tertiary/aromatic N) is 1. The first-order chi connectivity index (χ1) is 16.7. The molecule has 2 amide bonds. The van der Waals surface area contributed by atoms with Crippen molar-refractivity contribution in [3.8, 4) is 0 Å². The molecule has 1 N–H and O–H groups in total. The molecule has 3 aromatic rings. The monoisotopic (exact) mass is 490 g/mol. The third-order valence-corrected chi connectivity index (χ3v) is 6.55. The highest BCUT2D eigenvalue weighted by molar-refractivity contribution is 6.31. The van der Waals surface area contributed by atoms with Gasteiger partial charge in [-0.3, -0.25) is 9.59 Å². The minimum absolute atomic E-state index is 0.103. The van der Waals surface area contributed by atoms with Gasteiger partial charge in [0.25, 0.3) is 0 Å². The van der Waals surface area contributed by atoms with Crippen LogP contribution in [0.15, 0.2) is 72.8 Å². The first-order valence-electron chi connectivity index (χ1n) is 12.1. The van der Waals surface area contributed by atoms with Crippen molar-refractivity contribution >= 4 is 23.4 Å². The topological polar surface area (TPSA) is 49.4 Å². The number of nitrogens with one attached hydrogen (secondary N) is 1. The van der Waals surface area contributed by atoms with E-state index in [2.05, 4.69) is 26.1 Å². The van der Waals surface area contributed by atoms with Crippen LogP contribution in [0.1, 0.15) is 41.7 Å². The Morgan fingerprint density at radius 3 is 2.23 bits per heavy atom. The Balaban J connectivity index is 1.98.